The summed E-state index contributed by atoms with van der Waals surface area (Å²) in [6, 6.07) is 0. The normalized spacial score (nSPS) is 21.8. The maximum Gasteiger partial charge on any atom is 0.303 e. The first-order valence-corrected chi connectivity index (χ1v) is 13.6. The van der Waals surface area contributed by atoms with E-state index in [9.17, 15) is 4.79 Å². The summed E-state index contributed by atoms with van der Waals surface area (Å²) < 4.78 is 0. The Bertz CT molecular complexity index is 485. The Kier molecular flexibility index (Phi) is 13.4. The van der Waals surface area contributed by atoms with E-state index in [-0.39, 0.29) is 11.0 Å². The van der Waals surface area contributed by atoms with Crippen molar-refractivity contribution in [2.24, 2.45) is 17.3 Å². The molecule has 2 unspecified atom stereocenters. The minimum Gasteiger partial charge on any atom is -0.481 e. The number of carbonyl (C=O) groups is 1. The average molecular weight is 438 g/mol. The summed E-state index contributed by atoms with van der Waals surface area (Å²) in [7, 11) is 2.28. The van der Waals surface area contributed by atoms with Gasteiger partial charge in [0.2, 0.25) is 0 Å². The Labute approximate surface area is 194 Å². The lowest BCUT2D eigenvalue weighted by Gasteiger charge is -2.58. The molecule has 1 aliphatic rings. The van der Waals surface area contributed by atoms with Gasteiger partial charge in [-0.05, 0) is 57.5 Å². The van der Waals surface area contributed by atoms with E-state index in [0.29, 0.717) is 6.42 Å². The van der Waals surface area contributed by atoms with Crippen molar-refractivity contribution in [2.45, 2.75) is 143 Å². The van der Waals surface area contributed by atoms with Crippen LogP contribution < -0.4 is 0 Å². The fraction of sp³-hybridized carbons (Fsp3) is 0.964. The van der Waals surface area contributed by atoms with Crippen LogP contribution in [0.3, 0.4) is 0 Å². The van der Waals surface area contributed by atoms with Crippen LogP contribution in [0, 0.1) is 17.3 Å². The number of nitrogens with zero attached hydrogens (tertiary/aromatic N) is 1. The number of carboxylic acids is 1. The fourth-order valence-corrected chi connectivity index (χ4v) is 5.87. The van der Waals surface area contributed by atoms with Gasteiger partial charge in [-0.1, -0.05) is 104 Å². The van der Waals surface area contributed by atoms with E-state index < -0.39 is 5.97 Å². The van der Waals surface area contributed by atoms with Crippen LogP contribution in [0.15, 0.2) is 0 Å². The van der Waals surface area contributed by atoms with Crippen molar-refractivity contribution in [3.8, 4) is 0 Å². The summed E-state index contributed by atoms with van der Waals surface area (Å²) in [5.41, 5.74) is 0.475. The maximum atomic E-state index is 10.9. The van der Waals surface area contributed by atoms with Gasteiger partial charge in [0, 0.05) is 12.0 Å². The van der Waals surface area contributed by atoms with Crippen molar-refractivity contribution in [2.75, 3.05) is 13.6 Å². The van der Waals surface area contributed by atoms with Gasteiger partial charge in [-0.2, -0.15) is 0 Å². The number of rotatable bonds is 17. The first kappa shape index (κ1) is 28.5. The number of piperidine rings is 1. The molecule has 3 nitrogen and oxygen atoms in total. The quantitative estimate of drug-likeness (QED) is 0.233. The third-order valence-corrected chi connectivity index (χ3v) is 8.95. The monoisotopic (exact) mass is 437 g/mol. The highest BCUT2D eigenvalue weighted by atomic mass is 16.4. The highest BCUT2D eigenvalue weighted by Gasteiger charge is 2.50. The van der Waals surface area contributed by atoms with E-state index in [0.717, 1.165) is 24.7 Å². The molecule has 0 amide bonds. The topological polar surface area (TPSA) is 40.5 Å². The van der Waals surface area contributed by atoms with Crippen LogP contribution in [0.2, 0.25) is 0 Å². The minimum atomic E-state index is -0.646. The molecule has 0 bridgehead atoms. The molecule has 1 saturated heterocycles. The summed E-state index contributed by atoms with van der Waals surface area (Å²) in [4.78, 5) is 13.5. The van der Waals surface area contributed by atoms with E-state index in [1.165, 1.54) is 90.0 Å². The van der Waals surface area contributed by atoms with E-state index in [2.05, 4.69) is 46.6 Å². The summed E-state index contributed by atoms with van der Waals surface area (Å²) in [6.45, 7) is 13.3. The van der Waals surface area contributed by atoms with E-state index in [1.807, 2.05) is 0 Å². The number of unbranched alkanes of at least 4 members (excludes halogenated alkanes) is 10. The molecular weight excluding hydrogens is 382 g/mol. The van der Waals surface area contributed by atoms with Crippen LogP contribution in [0.5, 0.6) is 0 Å². The van der Waals surface area contributed by atoms with Crippen LogP contribution in [0.25, 0.3) is 0 Å². The summed E-state index contributed by atoms with van der Waals surface area (Å²) in [5, 5.41) is 9.01. The molecule has 184 valence electrons. The molecule has 1 aliphatic heterocycles. The zero-order valence-corrected chi connectivity index (χ0v) is 22.0. The predicted octanol–water partition coefficient (Wildman–Crippen LogP) is 8.32. The van der Waals surface area contributed by atoms with Gasteiger partial charge in [0.05, 0.1) is 0 Å². The van der Waals surface area contributed by atoms with Crippen molar-refractivity contribution in [3.63, 3.8) is 0 Å². The zero-order valence-electron chi connectivity index (χ0n) is 22.0. The molecule has 0 aromatic carbocycles. The first-order valence-electron chi connectivity index (χ1n) is 13.6. The Morgan fingerprint density at radius 2 is 1.35 bits per heavy atom. The van der Waals surface area contributed by atoms with E-state index in [1.54, 1.807) is 0 Å². The second kappa shape index (κ2) is 14.6. The van der Waals surface area contributed by atoms with Gasteiger partial charge in [-0.15, -0.1) is 0 Å². The van der Waals surface area contributed by atoms with Crippen LogP contribution in [0.1, 0.15) is 137 Å². The summed E-state index contributed by atoms with van der Waals surface area (Å²) >= 11 is 0. The molecule has 0 radical (unpaired) electrons. The van der Waals surface area contributed by atoms with Crippen molar-refractivity contribution >= 4 is 5.97 Å². The van der Waals surface area contributed by atoms with Crippen molar-refractivity contribution in [1.29, 1.82) is 0 Å². The largest absolute Gasteiger partial charge is 0.481 e. The summed E-state index contributed by atoms with van der Waals surface area (Å²) in [6.07, 6.45) is 20.0. The molecule has 1 rings (SSSR count). The molecule has 0 aromatic heterocycles. The molecule has 0 aliphatic carbocycles. The van der Waals surface area contributed by atoms with Crippen molar-refractivity contribution in [1.82, 2.24) is 4.90 Å². The molecule has 1 fully saturated rings. The highest BCUT2D eigenvalue weighted by molar-refractivity contribution is 5.66. The van der Waals surface area contributed by atoms with Gasteiger partial charge in [-0.3, -0.25) is 4.79 Å². The number of aliphatic carboxylic acids is 1. The Morgan fingerprint density at radius 1 is 0.871 bits per heavy atom. The summed E-state index contributed by atoms with van der Waals surface area (Å²) in [5.74, 6) is 0.833. The van der Waals surface area contributed by atoms with Crippen molar-refractivity contribution < 1.29 is 9.90 Å². The van der Waals surface area contributed by atoms with Gasteiger partial charge < -0.3 is 10.0 Å². The Morgan fingerprint density at radius 3 is 1.87 bits per heavy atom. The second-order valence-corrected chi connectivity index (χ2v) is 11.5. The smallest absolute Gasteiger partial charge is 0.303 e. The SMILES string of the molecule is CCCCCCCCCCCCC(CCCCC(=O)O)C1CCN(C)C(C)(C)C1(C)C. The molecule has 0 aromatic rings. The number of hydrogen-bond donors (Lipinski definition) is 1. The lowest BCUT2D eigenvalue weighted by molar-refractivity contribution is -0.137. The minimum absolute atomic E-state index is 0.201. The van der Waals surface area contributed by atoms with Crippen molar-refractivity contribution in [3.05, 3.63) is 0 Å². The molecular formula is C28H55NO2. The highest BCUT2D eigenvalue weighted by Crippen LogP contribution is 2.51. The predicted molar refractivity (Wildman–Crippen MR) is 135 cm³/mol. The lowest BCUT2D eigenvalue weighted by atomic mass is 9.57. The maximum absolute atomic E-state index is 10.9. The Hall–Kier alpha value is -0.570. The molecule has 2 atom stereocenters. The molecule has 3 heteroatoms. The van der Waals surface area contributed by atoms with Gasteiger partial charge in [0.1, 0.15) is 0 Å². The Balaban J connectivity index is 2.50. The first-order chi connectivity index (χ1) is 14.6. The van der Waals surface area contributed by atoms with Gasteiger partial charge in [0.15, 0.2) is 0 Å². The molecule has 0 spiro atoms. The van der Waals surface area contributed by atoms with E-state index >= 15 is 0 Å². The third kappa shape index (κ3) is 9.44. The van der Waals surface area contributed by atoms with E-state index in [4.69, 9.17) is 5.11 Å². The molecule has 1 heterocycles. The third-order valence-electron chi connectivity index (χ3n) is 8.95. The molecule has 0 saturated carbocycles. The number of hydrogen-bond acceptors (Lipinski definition) is 2. The number of carboxylic acid groups (broad SMARTS) is 1. The molecule has 1 N–H and O–H groups in total. The standard InChI is InChI=1S/C28H55NO2/c1-7-8-9-10-11-12-13-14-15-16-19-24(20-17-18-21-26(30)31)25-22-23-29(6)28(4,5)27(25,2)3/h24-25H,7-23H2,1-6H3,(H,30,31). The van der Waals surface area contributed by atoms with Gasteiger partial charge >= 0.3 is 5.97 Å². The average Bonchev–Trinajstić information content (AvgIpc) is 2.70. The van der Waals surface area contributed by atoms with Crippen LogP contribution in [-0.4, -0.2) is 35.1 Å². The lowest BCUT2D eigenvalue weighted by Crippen LogP contribution is -2.60. The second-order valence-electron chi connectivity index (χ2n) is 11.5. The van der Waals surface area contributed by atoms with Crippen LogP contribution in [-0.2, 0) is 4.79 Å². The zero-order chi connectivity index (χ0) is 23.3. The fourth-order valence-electron chi connectivity index (χ4n) is 5.87. The van der Waals surface area contributed by atoms with Gasteiger partial charge in [-0.25, -0.2) is 0 Å². The molecule has 31 heavy (non-hydrogen) atoms. The van der Waals surface area contributed by atoms with Gasteiger partial charge in [0.25, 0.3) is 0 Å². The van der Waals surface area contributed by atoms with Crippen LogP contribution >= 0.6 is 0 Å². The van der Waals surface area contributed by atoms with Crippen LogP contribution in [0.4, 0.5) is 0 Å². The number of likely N-dealkylation sites (tertiary alicyclic amines) is 1.